The summed E-state index contributed by atoms with van der Waals surface area (Å²) in [6.45, 7) is 0.520. The molecule has 6 heteroatoms. The highest BCUT2D eigenvalue weighted by molar-refractivity contribution is 5.45. The summed E-state index contributed by atoms with van der Waals surface area (Å²) in [5, 5.41) is 12.7. The van der Waals surface area contributed by atoms with Gasteiger partial charge in [-0.15, -0.1) is 0 Å². The first-order chi connectivity index (χ1) is 7.29. The van der Waals surface area contributed by atoms with Gasteiger partial charge in [0.15, 0.2) is 0 Å². The number of aliphatic hydroxyl groups is 1. The van der Waals surface area contributed by atoms with Crippen molar-refractivity contribution in [2.24, 2.45) is 11.8 Å². The first-order valence-electron chi connectivity index (χ1n) is 5.00. The molecule has 0 amide bonds. The van der Waals surface area contributed by atoms with Crippen molar-refractivity contribution in [3.63, 3.8) is 0 Å². The Labute approximate surface area is 87.9 Å². The first kappa shape index (κ1) is 10.1. The Balaban J connectivity index is 1.86. The molecule has 6 nitrogen and oxygen atoms in total. The maximum atomic E-state index is 9.63. The SMILES string of the molecule is NNc1cc(NCC(O)C2CC2)ncn1. The third-order valence-electron chi connectivity index (χ3n) is 2.47. The molecule has 0 aromatic carbocycles. The number of hydrazine groups is 1. The zero-order valence-electron chi connectivity index (χ0n) is 8.35. The summed E-state index contributed by atoms with van der Waals surface area (Å²) in [7, 11) is 0. The molecule has 15 heavy (non-hydrogen) atoms. The average molecular weight is 209 g/mol. The van der Waals surface area contributed by atoms with Crippen molar-refractivity contribution in [1.82, 2.24) is 9.97 Å². The molecule has 1 heterocycles. The van der Waals surface area contributed by atoms with E-state index in [1.165, 1.54) is 6.33 Å². The van der Waals surface area contributed by atoms with Gasteiger partial charge in [-0.25, -0.2) is 15.8 Å². The van der Waals surface area contributed by atoms with E-state index in [0.717, 1.165) is 12.8 Å². The van der Waals surface area contributed by atoms with Crippen LogP contribution in [0.25, 0.3) is 0 Å². The minimum Gasteiger partial charge on any atom is -0.391 e. The molecule has 1 saturated carbocycles. The summed E-state index contributed by atoms with van der Waals surface area (Å²) < 4.78 is 0. The molecule has 1 unspecified atom stereocenters. The predicted molar refractivity (Wildman–Crippen MR) is 57.1 cm³/mol. The van der Waals surface area contributed by atoms with Crippen LogP contribution in [0.4, 0.5) is 11.6 Å². The van der Waals surface area contributed by atoms with Gasteiger partial charge in [-0.2, -0.15) is 0 Å². The molecule has 1 aliphatic carbocycles. The molecule has 2 rings (SSSR count). The van der Waals surface area contributed by atoms with Crippen molar-refractivity contribution in [2.45, 2.75) is 18.9 Å². The second-order valence-corrected chi connectivity index (χ2v) is 3.72. The molecule has 1 fully saturated rings. The highest BCUT2D eigenvalue weighted by Gasteiger charge is 2.29. The molecule has 1 aromatic rings. The molecule has 0 aliphatic heterocycles. The minimum absolute atomic E-state index is 0.283. The minimum atomic E-state index is -0.283. The summed E-state index contributed by atoms with van der Waals surface area (Å²) in [5.74, 6) is 6.89. The molecular formula is C9H15N5O. The normalized spacial score (nSPS) is 17.2. The number of aliphatic hydroxyl groups excluding tert-OH is 1. The number of nitrogens with two attached hydrogens (primary N) is 1. The zero-order chi connectivity index (χ0) is 10.7. The highest BCUT2D eigenvalue weighted by Crippen LogP contribution is 2.32. The maximum absolute atomic E-state index is 9.63. The fraction of sp³-hybridized carbons (Fsp3) is 0.556. The van der Waals surface area contributed by atoms with Gasteiger partial charge in [0.05, 0.1) is 6.10 Å². The molecule has 0 bridgehead atoms. The molecule has 1 aliphatic rings. The van der Waals surface area contributed by atoms with E-state index in [4.69, 9.17) is 5.84 Å². The number of rotatable bonds is 5. The number of nitrogen functional groups attached to an aromatic ring is 1. The molecule has 5 N–H and O–H groups in total. The lowest BCUT2D eigenvalue weighted by molar-refractivity contribution is 0.164. The van der Waals surface area contributed by atoms with Gasteiger partial charge in [-0.1, -0.05) is 0 Å². The molecule has 0 saturated heterocycles. The third-order valence-corrected chi connectivity index (χ3v) is 2.47. The quantitative estimate of drug-likeness (QED) is 0.401. The van der Waals surface area contributed by atoms with E-state index < -0.39 is 0 Å². The van der Waals surface area contributed by atoms with Gasteiger partial charge in [-0.05, 0) is 18.8 Å². The molecule has 82 valence electrons. The van der Waals surface area contributed by atoms with Crippen LogP contribution in [0.3, 0.4) is 0 Å². The van der Waals surface area contributed by atoms with Crippen LogP contribution in [0.2, 0.25) is 0 Å². The topological polar surface area (TPSA) is 96.1 Å². The summed E-state index contributed by atoms with van der Waals surface area (Å²) in [5.41, 5.74) is 2.44. The largest absolute Gasteiger partial charge is 0.391 e. The zero-order valence-corrected chi connectivity index (χ0v) is 8.35. The van der Waals surface area contributed by atoms with Crippen molar-refractivity contribution < 1.29 is 5.11 Å². The lowest BCUT2D eigenvalue weighted by Crippen LogP contribution is -2.22. The first-order valence-corrected chi connectivity index (χ1v) is 5.00. The Bertz CT molecular complexity index is 328. The standard InChI is InChI=1S/C9H15N5O/c10-14-9-3-8(12-5-13-9)11-4-7(15)6-1-2-6/h3,5-7,15H,1-2,4,10H2,(H2,11,12,13,14). The van der Waals surface area contributed by atoms with Crippen LogP contribution in [0.5, 0.6) is 0 Å². The van der Waals surface area contributed by atoms with Crippen molar-refractivity contribution in [2.75, 3.05) is 17.3 Å². The number of hydrogen-bond acceptors (Lipinski definition) is 6. The molecular weight excluding hydrogens is 194 g/mol. The number of aromatic nitrogens is 2. The third kappa shape index (κ3) is 2.77. The van der Waals surface area contributed by atoms with Crippen LogP contribution in [0.15, 0.2) is 12.4 Å². The number of nitrogens with zero attached hydrogens (tertiary/aromatic N) is 2. The molecule has 1 aromatic heterocycles. The van der Waals surface area contributed by atoms with Gasteiger partial charge >= 0.3 is 0 Å². The van der Waals surface area contributed by atoms with Gasteiger partial charge in [0.1, 0.15) is 18.0 Å². The van der Waals surface area contributed by atoms with E-state index in [9.17, 15) is 5.11 Å². The smallest absolute Gasteiger partial charge is 0.145 e. The summed E-state index contributed by atoms with van der Waals surface area (Å²) in [4.78, 5) is 7.89. The number of hydrogen-bond donors (Lipinski definition) is 4. The number of nitrogens with one attached hydrogen (secondary N) is 2. The Morgan fingerprint density at radius 3 is 2.87 bits per heavy atom. The lowest BCUT2D eigenvalue weighted by Gasteiger charge is -2.11. The van der Waals surface area contributed by atoms with Crippen molar-refractivity contribution in [1.29, 1.82) is 0 Å². The van der Waals surface area contributed by atoms with Crippen LogP contribution in [0.1, 0.15) is 12.8 Å². The average Bonchev–Trinajstić information content (AvgIpc) is 3.10. The second kappa shape index (κ2) is 4.41. The fourth-order valence-corrected chi connectivity index (χ4v) is 1.39. The Morgan fingerprint density at radius 1 is 1.47 bits per heavy atom. The monoisotopic (exact) mass is 209 g/mol. The van der Waals surface area contributed by atoms with Crippen LogP contribution in [-0.4, -0.2) is 27.7 Å². The van der Waals surface area contributed by atoms with Gasteiger partial charge in [0, 0.05) is 12.6 Å². The van der Waals surface area contributed by atoms with Crippen LogP contribution in [-0.2, 0) is 0 Å². The van der Waals surface area contributed by atoms with Crippen molar-refractivity contribution in [3.8, 4) is 0 Å². The van der Waals surface area contributed by atoms with Gasteiger partial charge < -0.3 is 15.8 Å². The Hall–Kier alpha value is -1.40. The van der Waals surface area contributed by atoms with E-state index in [0.29, 0.717) is 24.1 Å². The van der Waals surface area contributed by atoms with E-state index in [-0.39, 0.29) is 6.10 Å². The number of anilines is 2. The van der Waals surface area contributed by atoms with Crippen LogP contribution in [0, 0.1) is 5.92 Å². The second-order valence-electron chi connectivity index (χ2n) is 3.72. The van der Waals surface area contributed by atoms with Crippen molar-refractivity contribution in [3.05, 3.63) is 12.4 Å². The maximum Gasteiger partial charge on any atom is 0.145 e. The highest BCUT2D eigenvalue weighted by atomic mass is 16.3. The van der Waals surface area contributed by atoms with Gasteiger partial charge in [0.2, 0.25) is 0 Å². The van der Waals surface area contributed by atoms with E-state index in [2.05, 4.69) is 20.7 Å². The lowest BCUT2D eigenvalue weighted by atomic mass is 10.2. The summed E-state index contributed by atoms with van der Waals surface area (Å²) >= 11 is 0. The summed E-state index contributed by atoms with van der Waals surface area (Å²) in [6, 6.07) is 1.69. The Kier molecular flexibility index (Phi) is 2.98. The predicted octanol–water partition coefficient (Wildman–Crippen LogP) is -0.0550. The van der Waals surface area contributed by atoms with Crippen LogP contribution >= 0.6 is 0 Å². The Morgan fingerprint density at radius 2 is 2.20 bits per heavy atom. The van der Waals surface area contributed by atoms with Crippen LogP contribution < -0.4 is 16.6 Å². The molecule has 0 radical (unpaired) electrons. The summed E-state index contributed by atoms with van der Waals surface area (Å²) in [6.07, 6.45) is 3.39. The van der Waals surface area contributed by atoms with E-state index in [1.54, 1.807) is 6.07 Å². The van der Waals surface area contributed by atoms with E-state index in [1.807, 2.05) is 0 Å². The van der Waals surface area contributed by atoms with Gasteiger partial charge in [0.25, 0.3) is 0 Å². The van der Waals surface area contributed by atoms with E-state index >= 15 is 0 Å². The molecule has 0 spiro atoms. The van der Waals surface area contributed by atoms with Gasteiger partial charge in [-0.3, -0.25) is 0 Å². The van der Waals surface area contributed by atoms with Crippen molar-refractivity contribution >= 4 is 11.6 Å². The molecule has 1 atom stereocenters. The fourth-order valence-electron chi connectivity index (χ4n) is 1.39.